The Morgan fingerprint density at radius 1 is 1.06 bits per heavy atom. The minimum absolute atomic E-state index is 0.0259. The summed E-state index contributed by atoms with van der Waals surface area (Å²) in [6, 6.07) is 18.5. The van der Waals surface area contributed by atoms with Crippen LogP contribution in [0.1, 0.15) is 52.6 Å². The number of hydrogen-bond donors (Lipinski definition) is 3. The van der Waals surface area contributed by atoms with Crippen LogP contribution in [0.4, 0.5) is 0 Å². The molecule has 2 aromatic carbocycles. The van der Waals surface area contributed by atoms with Gasteiger partial charge in [0.2, 0.25) is 5.91 Å². The fraction of sp³-hybridized carbons (Fsp3) is 0.276. The Labute approximate surface area is 212 Å². The first-order chi connectivity index (χ1) is 17.7. The van der Waals surface area contributed by atoms with E-state index in [1.165, 1.54) is 16.9 Å². The van der Waals surface area contributed by atoms with E-state index in [1.807, 2.05) is 36.5 Å². The van der Waals surface area contributed by atoms with Crippen LogP contribution in [-0.2, 0) is 24.1 Å². The molecule has 1 amide bonds. The van der Waals surface area contributed by atoms with Crippen molar-refractivity contribution in [3.63, 3.8) is 0 Å². The second kappa shape index (κ2) is 9.74. The zero-order chi connectivity index (χ0) is 24.5. The molecular formula is C29H28N4O2S. The molecule has 0 radical (unpaired) electrons. The van der Waals surface area contributed by atoms with Crippen LogP contribution in [0.3, 0.4) is 0 Å². The highest BCUT2D eigenvalue weighted by Crippen LogP contribution is 2.33. The lowest BCUT2D eigenvalue weighted by Gasteiger charge is -2.18. The van der Waals surface area contributed by atoms with Gasteiger partial charge in [0.15, 0.2) is 0 Å². The second-order valence-corrected chi connectivity index (χ2v) is 10.5. The molecule has 1 aliphatic rings. The van der Waals surface area contributed by atoms with Gasteiger partial charge >= 0.3 is 0 Å². The number of aromatic amines is 2. The van der Waals surface area contributed by atoms with Crippen LogP contribution in [0.25, 0.3) is 21.1 Å². The third kappa shape index (κ3) is 4.35. The number of hydrogen-bond acceptors (Lipinski definition) is 4. The molecule has 0 saturated carbocycles. The lowest BCUT2D eigenvalue weighted by atomic mass is 9.91. The van der Waals surface area contributed by atoms with Gasteiger partial charge in [-0.3, -0.25) is 9.59 Å². The Kier molecular flexibility index (Phi) is 6.15. The maximum absolute atomic E-state index is 12.9. The number of rotatable bonds is 7. The van der Waals surface area contributed by atoms with Gasteiger partial charge in [0.25, 0.3) is 5.56 Å². The summed E-state index contributed by atoms with van der Waals surface area (Å²) in [6.07, 6.45) is 7.01. The van der Waals surface area contributed by atoms with Crippen molar-refractivity contribution in [1.29, 1.82) is 0 Å². The number of aryl methyl sites for hydroxylation is 3. The van der Waals surface area contributed by atoms with Crippen molar-refractivity contribution >= 4 is 38.4 Å². The first-order valence-corrected chi connectivity index (χ1v) is 13.4. The molecule has 36 heavy (non-hydrogen) atoms. The predicted octanol–water partition coefficient (Wildman–Crippen LogP) is 5.23. The van der Waals surface area contributed by atoms with E-state index in [4.69, 9.17) is 4.98 Å². The second-order valence-electron chi connectivity index (χ2n) is 9.46. The number of thiophene rings is 1. The summed E-state index contributed by atoms with van der Waals surface area (Å²) in [5.74, 6) is 0.555. The van der Waals surface area contributed by atoms with Crippen molar-refractivity contribution in [2.24, 2.45) is 0 Å². The standard InChI is InChI=1S/C29H28N4O2S/c34-26(15-14-25-32-28(35)27-20-11-5-7-13-24(20)36-29(27)33-25)31-16-21(18-8-2-1-3-9-18)22-17-30-23-12-6-4-10-19(22)23/h1-4,6,8-10,12,17,21,30H,5,7,11,13-16H2,(H,31,34)(H,32,33,35). The zero-order valence-electron chi connectivity index (χ0n) is 20.0. The minimum atomic E-state index is -0.0710. The Balaban J connectivity index is 1.17. The Hall–Kier alpha value is -3.71. The smallest absolute Gasteiger partial charge is 0.259 e. The molecule has 0 saturated heterocycles. The molecule has 7 heteroatoms. The highest BCUT2D eigenvalue weighted by molar-refractivity contribution is 7.18. The van der Waals surface area contributed by atoms with Gasteiger partial charge in [-0.25, -0.2) is 4.98 Å². The molecule has 6 nitrogen and oxygen atoms in total. The van der Waals surface area contributed by atoms with E-state index in [-0.39, 0.29) is 23.8 Å². The number of carbonyl (C=O) groups excluding carboxylic acids is 1. The molecule has 1 atom stereocenters. The average molecular weight is 497 g/mol. The molecular weight excluding hydrogens is 468 g/mol. The van der Waals surface area contributed by atoms with Crippen molar-refractivity contribution in [2.45, 2.75) is 44.4 Å². The van der Waals surface area contributed by atoms with Gasteiger partial charge in [0.1, 0.15) is 10.7 Å². The fourth-order valence-electron chi connectivity index (χ4n) is 5.34. The lowest BCUT2D eigenvalue weighted by Crippen LogP contribution is -2.29. The van der Waals surface area contributed by atoms with Gasteiger partial charge in [0, 0.05) is 47.3 Å². The third-order valence-corrected chi connectivity index (χ3v) is 8.35. The van der Waals surface area contributed by atoms with Crippen LogP contribution < -0.4 is 10.9 Å². The number of carbonyl (C=O) groups is 1. The Morgan fingerprint density at radius 3 is 2.75 bits per heavy atom. The first kappa shape index (κ1) is 22.7. The number of amides is 1. The number of benzene rings is 2. The maximum Gasteiger partial charge on any atom is 0.259 e. The fourth-order valence-corrected chi connectivity index (χ4v) is 6.62. The molecule has 3 heterocycles. The molecule has 3 N–H and O–H groups in total. The molecule has 0 bridgehead atoms. The monoisotopic (exact) mass is 496 g/mol. The van der Waals surface area contributed by atoms with Crippen molar-refractivity contribution in [2.75, 3.05) is 6.54 Å². The topological polar surface area (TPSA) is 90.6 Å². The Bertz CT molecular complexity index is 1600. The van der Waals surface area contributed by atoms with E-state index in [2.05, 4.69) is 39.6 Å². The minimum Gasteiger partial charge on any atom is -0.361 e. The molecule has 5 aromatic rings. The predicted molar refractivity (Wildman–Crippen MR) is 145 cm³/mol. The van der Waals surface area contributed by atoms with Crippen molar-refractivity contribution in [1.82, 2.24) is 20.3 Å². The highest BCUT2D eigenvalue weighted by atomic mass is 32.1. The van der Waals surface area contributed by atoms with Crippen LogP contribution >= 0.6 is 11.3 Å². The van der Waals surface area contributed by atoms with E-state index >= 15 is 0 Å². The molecule has 0 fully saturated rings. The number of fused-ring (bicyclic) bond motifs is 4. The first-order valence-electron chi connectivity index (χ1n) is 12.6. The van der Waals surface area contributed by atoms with Crippen molar-refractivity contribution < 1.29 is 4.79 Å². The van der Waals surface area contributed by atoms with Crippen LogP contribution in [0.2, 0.25) is 0 Å². The number of para-hydroxylation sites is 1. The van der Waals surface area contributed by atoms with Crippen molar-refractivity contribution in [3.05, 3.63) is 98.5 Å². The van der Waals surface area contributed by atoms with E-state index in [9.17, 15) is 9.59 Å². The Morgan fingerprint density at radius 2 is 1.86 bits per heavy atom. The summed E-state index contributed by atoms with van der Waals surface area (Å²) in [7, 11) is 0. The van der Waals surface area contributed by atoms with Gasteiger partial charge in [-0.15, -0.1) is 11.3 Å². The van der Waals surface area contributed by atoms with Crippen LogP contribution in [0.15, 0.2) is 65.6 Å². The van der Waals surface area contributed by atoms with Gasteiger partial charge in [0.05, 0.1) is 5.39 Å². The van der Waals surface area contributed by atoms with Gasteiger partial charge in [-0.2, -0.15) is 0 Å². The molecule has 1 aliphatic carbocycles. The van der Waals surface area contributed by atoms with E-state index < -0.39 is 0 Å². The average Bonchev–Trinajstić information content (AvgIpc) is 3.50. The number of nitrogens with one attached hydrogen (secondary N) is 3. The highest BCUT2D eigenvalue weighted by Gasteiger charge is 2.21. The summed E-state index contributed by atoms with van der Waals surface area (Å²) < 4.78 is 0. The molecule has 6 rings (SSSR count). The molecule has 0 spiro atoms. The van der Waals surface area contributed by atoms with Gasteiger partial charge in [-0.1, -0.05) is 48.5 Å². The van der Waals surface area contributed by atoms with Crippen LogP contribution in [0.5, 0.6) is 0 Å². The van der Waals surface area contributed by atoms with Gasteiger partial charge < -0.3 is 15.3 Å². The third-order valence-electron chi connectivity index (χ3n) is 7.16. The van der Waals surface area contributed by atoms with Crippen molar-refractivity contribution in [3.8, 4) is 0 Å². The van der Waals surface area contributed by atoms with Crippen LogP contribution in [-0.4, -0.2) is 27.4 Å². The van der Waals surface area contributed by atoms with Gasteiger partial charge in [-0.05, 0) is 48.4 Å². The maximum atomic E-state index is 12.9. The largest absolute Gasteiger partial charge is 0.361 e. The summed E-state index contributed by atoms with van der Waals surface area (Å²) in [5.41, 5.74) is 4.51. The molecule has 3 aromatic heterocycles. The number of aromatic nitrogens is 3. The quantitative estimate of drug-likeness (QED) is 0.288. The summed E-state index contributed by atoms with van der Waals surface area (Å²) in [5, 5.41) is 5.04. The molecule has 1 unspecified atom stereocenters. The summed E-state index contributed by atoms with van der Waals surface area (Å²) >= 11 is 1.64. The normalized spacial score (nSPS) is 14.1. The summed E-state index contributed by atoms with van der Waals surface area (Å²) in [6.45, 7) is 0.491. The number of nitrogens with zero attached hydrogens (tertiary/aromatic N) is 1. The number of H-pyrrole nitrogens is 2. The zero-order valence-corrected chi connectivity index (χ0v) is 20.8. The van der Waals surface area contributed by atoms with E-state index in [0.717, 1.165) is 51.5 Å². The SMILES string of the molecule is O=C(CCc1nc2sc3c(c2c(=O)[nH]1)CCCC3)NCC(c1ccccc1)c1c[nH]c2ccccc12. The lowest BCUT2D eigenvalue weighted by molar-refractivity contribution is -0.121. The van der Waals surface area contributed by atoms with Crippen LogP contribution in [0, 0.1) is 0 Å². The summed E-state index contributed by atoms with van der Waals surface area (Å²) in [4.78, 5) is 38.8. The molecule has 182 valence electrons. The van der Waals surface area contributed by atoms with E-state index in [1.54, 1.807) is 11.3 Å². The molecule has 0 aliphatic heterocycles. The van der Waals surface area contributed by atoms with E-state index in [0.29, 0.717) is 18.8 Å².